The predicted octanol–water partition coefficient (Wildman–Crippen LogP) is 4.93. The van der Waals surface area contributed by atoms with Gasteiger partial charge in [-0.05, 0) is 24.3 Å². The summed E-state index contributed by atoms with van der Waals surface area (Å²) in [5, 5.41) is 19.1. The van der Waals surface area contributed by atoms with E-state index in [-0.39, 0.29) is 0 Å². The van der Waals surface area contributed by atoms with Gasteiger partial charge in [0.05, 0.1) is 11.1 Å². The van der Waals surface area contributed by atoms with Crippen molar-refractivity contribution in [1.82, 2.24) is 29.9 Å². The quantitative estimate of drug-likeness (QED) is 0.339. The van der Waals surface area contributed by atoms with Crippen LogP contribution in [-0.4, -0.2) is 29.9 Å². The molecule has 0 fully saturated rings. The smallest absolute Gasteiger partial charge is 0.195 e. The number of nitrogens with zero attached hydrogens (tertiary/aromatic N) is 8. The highest BCUT2D eigenvalue weighted by Gasteiger charge is 2.18. The van der Waals surface area contributed by atoms with Gasteiger partial charge in [-0.15, -0.1) is 0 Å². The van der Waals surface area contributed by atoms with Gasteiger partial charge in [0.25, 0.3) is 0 Å². The predicted molar refractivity (Wildman–Crippen MR) is 122 cm³/mol. The summed E-state index contributed by atoms with van der Waals surface area (Å²) in [6, 6.07) is 11.1. The number of furan rings is 2. The molecule has 0 radical (unpaired) electrons. The highest BCUT2D eigenvalue weighted by atomic mass is 32.1. The Labute approximate surface area is 198 Å². The first-order valence-electron chi connectivity index (χ1n) is 9.63. The average Bonchev–Trinajstić information content (AvgIpc) is 3.67. The topological polar surface area (TPSA) is 151 Å². The van der Waals surface area contributed by atoms with Crippen molar-refractivity contribution in [3.63, 3.8) is 0 Å². The van der Waals surface area contributed by atoms with Crippen LogP contribution in [0.3, 0.4) is 0 Å². The first-order chi connectivity index (χ1) is 16.7. The highest BCUT2D eigenvalue weighted by molar-refractivity contribution is 7.29. The molecule has 0 amide bonds. The highest BCUT2D eigenvalue weighted by Crippen LogP contribution is 2.38. The molecule has 0 saturated heterocycles. The van der Waals surface area contributed by atoms with Crippen LogP contribution in [-0.2, 0) is 0 Å². The maximum Gasteiger partial charge on any atom is 0.195 e. The van der Waals surface area contributed by atoms with E-state index in [9.17, 15) is 0 Å². The second-order valence-electron chi connectivity index (χ2n) is 6.79. The van der Waals surface area contributed by atoms with E-state index < -0.39 is 0 Å². The molecule has 0 saturated carbocycles. The lowest BCUT2D eigenvalue weighted by Crippen LogP contribution is -1.87. The third-order valence-corrected chi connectivity index (χ3v) is 6.67. The largest absolute Gasteiger partial charge is 0.450 e. The molecular weight excluding hydrogens is 472 g/mol. The van der Waals surface area contributed by atoms with Gasteiger partial charge in [-0.25, -0.2) is 29.9 Å². The minimum Gasteiger partial charge on any atom is -0.450 e. The van der Waals surface area contributed by atoms with E-state index in [2.05, 4.69) is 29.9 Å². The summed E-state index contributed by atoms with van der Waals surface area (Å²) in [7, 11) is 0. The summed E-state index contributed by atoms with van der Waals surface area (Å²) >= 11 is 2.80. The molecule has 12 heteroatoms. The van der Waals surface area contributed by atoms with Gasteiger partial charge in [-0.2, -0.15) is 10.5 Å². The molecule has 10 nitrogen and oxygen atoms in total. The molecule has 6 rings (SSSR count). The van der Waals surface area contributed by atoms with Crippen molar-refractivity contribution in [3.8, 4) is 56.8 Å². The number of thiazole rings is 2. The Bertz CT molecular complexity index is 1570. The van der Waals surface area contributed by atoms with Gasteiger partial charge < -0.3 is 8.83 Å². The molecule has 0 atom stereocenters. The number of rotatable bonds is 4. The molecule has 6 aromatic heterocycles. The molecule has 34 heavy (non-hydrogen) atoms. The van der Waals surface area contributed by atoms with Crippen LogP contribution in [0.5, 0.6) is 0 Å². The number of fused-ring (bicyclic) bond motifs is 1. The van der Waals surface area contributed by atoms with E-state index in [0.717, 1.165) is 9.66 Å². The molecule has 0 bridgehead atoms. The van der Waals surface area contributed by atoms with Crippen LogP contribution >= 0.6 is 22.7 Å². The fourth-order valence-corrected chi connectivity index (χ4v) is 4.99. The normalized spacial score (nSPS) is 10.9. The van der Waals surface area contributed by atoms with Gasteiger partial charge in [-0.1, -0.05) is 22.7 Å². The zero-order chi connectivity index (χ0) is 23.1. The van der Waals surface area contributed by atoms with Crippen LogP contribution in [0, 0.1) is 22.7 Å². The van der Waals surface area contributed by atoms with Crippen LogP contribution in [0.2, 0.25) is 0 Å². The van der Waals surface area contributed by atoms with Crippen molar-refractivity contribution in [2.24, 2.45) is 0 Å². The van der Waals surface area contributed by atoms with Crippen LogP contribution in [0.15, 0.2) is 57.9 Å². The fraction of sp³-hybridized carbons (Fsp3) is 0. The minimum absolute atomic E-state index is 0.380. The van der Waals surface area contributed by atoms with Crippen molar-refractivity contribution in [2.75, 3.05) is 0 Å². The van der Waals surface area contributed by atoms with Crippen LogP contribution in [0.4, 0.5) is 0 Å². The molecule has 0 aliphatic rings. The summed E-state index contributed by atoms with van der Waals surface area (Å²) < 4.78 is 11.8. The van der Waals surface area contributed by atoms with Crippen LogP contribution < -0.4 is 0 Å². The third-order valence-electron chi connectivity index (χ3n) is 4.61. The lowest BCUT2D eigenvalue weighted by atomic mass is 10.3. The Hall–Kier alpha value is -4.78. The molecule has 160 valence electrons. The molecule has 0 spiro atoms. The monoisotopic (exact) mass is 480 g/mol. The van der Waals surface area contributed by atoms with Crippen LogP contribution in [0.25, 0.3) is 54.4 Å². The minimum atomic E-state index is 0.380. The Morgan fingerprint density at radius 2 is 0.971 bits per heavy atom. The van der Waals surface area contributed by atoms with Gasteiger partial charge in [0, 0.05) is 24.8 Å². The Morgan fingerprint density at radius 1 is 0.588 bits per heavy atom. The van der Waals surface area contributed by atoms with E-state index >= 15 is 0 Å². The lowest BCUT2D eigenvalue weighted by molar-refractivity contribution is 0.591. The molecule has 6 aromatic rings. The summed E-state index contributed by atoms with van der Waals surface area (Å²) in [6.07, 6.45) is 5.79. The van der Waals surface area contributed by atoms with E-state index in [1.165, 1.54) is 47.5 Å². The molecule has 0 unspecified atom stereocenters. The maximum atomic E-state index is 8.88. The van der Waals surface area contributed by atoms with Gasteiger partial charge in [-0.3, -0.25) is 0 Å². The van der Waals surface area contributed by atoms with E-state index in [1.54, 1.807) is 24.3 Å². The Morgan fingerprint density at radius 3 is 1.35 bits per heavy atom. The summed E-state index contributed by atoms with van der Waals surface area (Å²) in [5.41, 5.74) is 0.761. The standard InChI is InChI=1S/C22H8N8O2S2/c23-5-11-7-25-17(26-8-11)13-1-3-15(31-13)19-29-21-22(33-19)30-20(34-21)16-4-2-14(32-16)18-27-9-12(6-24)10-28-18/h1-4,7-10H. The van der Waals surface area contributed by atoms with Gasteiger partial charge in [0.15, 0.2) is 54.4 Å². The molecule has 0 aliphatic heterocycles. The molecular formula is C22H8N8O2S2. The summed E-state index contributed by atoms with van der Waals surface area (Å²) in [6.45, 7) is 0. The Kier molecular flexibility index (Phi) is 4.66. The maximum absolute atomic E-state index is 8.88. The second-order valence-corrected chi connectivity index (χ2v) is 8.75. The second kappa shape index (κ2) is 7.97. The van der Waals surface area contributed by atoms with Crippen LogP contribution in [0.1, 0.15) is 11.1 Å². The first-order valence-corrected chi connectivity index (χ1v) is 11.3. The molecule has 0 aliphatic carbocycles. The van der Waals surface area contributed by atoms with Gasteiger partial charge in [0.1, 0.15) is 12.1 Å². The average molecular weight is 480 g/mol. The van der Waals surface area contributed by atoms with Crippen molar-refractivity contribution >= 4 is 32.3 Å². The summed E-state index contributed by atoms with van der Waals surface area (Å²) in [4.78, 5) is 27.4. The van der Waals surface area contributed by atoms with E-state index in [1.807, 2.05) is 12.1 Å². The SMILES string of the molecule is N#Cc1cnc(-c2ccc(-c3nc4sc(-c5ccc(-c6ncc(C#N)cn6)o5)nc4s3)o2)nc1. The lowest BCUT2D eigenvalue weighted by Gasteiger charge is -1.95. The number of aromatic nitrogens is 6. The fourth-order valence-electron chi connectivity index (χ4n) is 3.02. The summed E-state index contributed by atoms with van der Waals surface area (Å²) in [5.74, 6) is 2.92. The zero-order valence-corrected chi connectivity index (χ0v) is 18.5. The number of nitriles is 2. The number of hydrogen-bond donors (Lipinski definition) is 0. The van der Waals surface area contributed by atoms with Crippen molar-refractivity contribution in [3.05, 3.63) is 60.2 Å². The van der Waals surface area contributed by atoms with Gasteiger partial charge >= 0.3 is 0 Å². The van der Waals surface area contributed by atoms with Crippen molar-refractivity contribution in [2.45, 2.75) is 0 Å². The third kappa shape index (κ3) is 3.49. The van der Waals surface area contributed by atoms with Crippen molar-refractivity contribution in [1.29, 1.82) is 10.5 Å². The molecule has 0 aromatic carbocycles. The zero-order valence-electron chi connectivity index (χ0n) is 16.8. The first kappa shape index (κ1) is 19.9. The van der Waals surface area contributed by atoms with E-state index in [4.69, 9.17) is 19.4 Å². The van der Waals surface area contributed by atoms with Gasteiger partial charge in [0.2, 0.25) is 0 Å². The number of hydrogen-bond acceptors (Lipinski definition) is 12. The Balaban J connectivity index is 1.25. The van der Waals surface area contributed by atoms with Crippen molar-refractivity contribution < 1.29 is 8.83 Å². The molecule has 6 heterocycles. The molecule has 0 N–H and O–H groups in total. The van der Waals surface area contributed by atoms with E-state index in [0.29, 0.717) is 55.8 Å².